The molecule has 5 rings (SSSR count). The predicted molar refractivity (Wildman–Crippen MR) is 115 cm³/mol. The van der Waals surface area contributed by atoms with Crippen molar-refractivity contribution in [2.45, 2.75) is 0 Å². The molecule has 0 aromatic heterocycles. The van der Waals surface area contributed by atoms with Crippen molar-refractivity contribution in [3.63, 3.8) is 0 Å². The molecule has 0 bridgehead atoms. The van der Waals surface area contributed by atoms with Crippen molar-refractivity contribution in [3.05, 3.63) is 113 Å². The highest BCUT2D eigenvalue weighted by Gasteiger charge is 2.26. The molecule has 134 valence electrons. The number of hydrogen-bond donors (Lipinski definition) is 1. The largest absolute Gasteiger partial charge is 0.284 e. The van der Waals surface area contributed by atoms with Gasteiger partial charge in [0.05, 0.1) is 17.1 Å². The van der Waals surface area contributed by atoms with Crippen molar-refractivity contribution in [1.82, 2.24) is 5.06 Å². The molecular formula is C25H18N2O. The molecule has 1 N–H and O–H groups in total. The molecule has 0 atom stereocenters. The van der Waals surface area contributed by atoms with Crippen molar-refractivity contribution in [2.24, 2.45) is 4.99 Å². The lowest BCUT2D eigenvalue weighted by Gasteiger charge is -2.28. The van der Waals surface area contributed by atoms with Crippen LogP contribution in [0.3, 0.4) is 0 Å². The van der Waals surface area contributed by atoms with Gasteiger partial charge in [-0.3, -0.25) is 5.21 Å². The highest BCUT2D eigenvalue weighted by molar-refractivity contribution is 6.38. The van der Waals surface area contributed by atoms with Gasteiger partial charge in [0.15, 0.2) is 0 Å². The molecular weight excluding hydrogens is 344 g/mol. The van der Waals surface area contributed by atoms with Crippen LogP contribution in [-0.4, -0.2) is 16.0 Å². The fraction of sp³-hybridized carbons (Fsp3) is 0. The summed E-state index contributed by atoms with van der Waals surface area (Å²) in [6, 6.07) is 26.2. The van der Waals surface area contributed by atoms with Crippen LogP contribution < -0.4 is 0 Å². The Morgan fingerprint density at radius 3 is 2.07 bits per heavy atom. The summed E-state index contributed by atoms with van der Waals surface area (Å²) in [5.74, 6) is 0. The maximum Gasteiger partial charge on any atom is 0.0864 e. The SMILES string of the molecule is ON1C=Cc2ccccc2/C1=C1/C(=Nc2ccccc2)C=Cc2ccccc21. The van der Waals surface area contributed by atoms with Crippen LogP contribution in [0.1, 0.15) is 22.3 Å². The average molecular weight is 362 g/mol. The van der Waals surface area contributed by atoms with Crippen molar-refractivity contribution in [2.75, 3.05) is 0 Å². The van der Waals surface area contributed by atoms with Crippen LogP contribution in [0.25, 0.3) is 23.4 Å². The summed E-state index contributed by atoms with van der Waals surface area (Å²) in [7, 11) is 0. The van der Waals surface area contributed by atoms with Crippen molar-refractivity contribution >= 4 is 34.8 Å². The van der Waals surface area contributed by atoms with Crippen LogP contribution in [0.15, 0.2) is 96.1 Å². The Morgan fingerprint density at radius 1 is 0.643 bits per heavy atom. The highest BCUT2D eigenvalue weighted by atomic mass is 16.5. The van der Waals surface area contributed by atoms with Gasteiger partial charge in [0.1, 0.15) is 0 Å². The minimum Gasteiger partial charge on any atom is -0.284 e. The number of nitrogens with zero attached hydrogens (tertiary/aromatic N) is 2. The van der Waals surface area contributed by atoms with E-state index in [4.69, 9.17) is 4.99 Å². The molecule has 0 unspecified atom stereocenters. The first kappa shape index (κ1) is 16.5. The highest BCUT2D eigenvalue weighted by Crippen LogP contribution is 2.39. The maximum absolute atomic E-state index is 10.8. The molecule has 28 heavy (non-hydrogen) atoms. The van der Waals surface area contributed by atoms with Crippen LogP contribution in [0, 0.1) is 0 Å². The van der Waals surface area contributed by atoms with Gasteiger partial charge in [-0.05, 0) is 41.0 Å². The third-order valence-corrected chi connectivity index (χ3v) is 4.99. The van der Waals surface area contributed by atoms with Crippen molar-refractivity contribution < 1.29 is 5.21 Å². The number of benzene rings is 3. The summed E-state index contributed by atoms with van der Waals surface area (Å²) < 4.78 is 0. The van der Waals surface area contributed by atoms with Crippen molar-refractivity contribution in [1.29, 1.82) is 0 Å². The van der Waals surface area contributed by atoms with Gasteiger partial charge in [-0.2, -0.15) is 0 Å². The van der Waals surface area contributed by atoms with Gasteiger partial charge in [-0.15, -0.1) is 0 Å². The van der Waals surface area contributed by atoms with Crippen LogP contribution in [0.4, 0.5) is 5.69 Å². The monoisotopic (exact) mass is 362 g/mol. The van der Waals surface area contributed by atoms with E-state index in [-0.39, 0.29) is 0 Å². The fourth-order valence-corrected chi connectivity index (χ4v) is 3.70. The number of para-hydroxylation sites is 1. The van der Waals surface area contributed by atoms with Gasteiger partial charge < -0.3 is 0 Å². The van der Waals surface area contributed by atoms with E-state index in [1.807, 2.05) is 72.8 Å². The molecule has 0 fully saturated rings. The summed E-state index contributed by atoms with van der Waals surface area (Å²) in [5, 5.41) is 12.0. The second-order valence-electron chi connectivity index (χ2n) is 6.72. The van der Waals surface area contributed by atoms with E-state index in [9.17, 15) is 5.21 Å². The Bertz CT molecular complexity index is 1170. The van der Waals surface area contributed by atoms with E-state index in [0.29, 0.717) is 0 Å². The molecule has 0 saturated heterocycles. The Labute approximate surface area is 163 Å². The summed E-state index contributed by atoms with van der Waals surface area (Å²) in [5.41, 5.74) is 7.57. The number of fused-ring (bicyclic) bond motifs is 2. The van der Waals surface area contributed by atoms with E-state index >= 15 is 0 Å². The molecule has 3 aromatic carbocycles. The molecule has 1 aliphatic heterocycles. The lowest BCUT2D eigenvalue weighted by atomic mass is 9.86. The standard InChI is InChI=1S/C25H18N2O/c28-27-17-16-19-9-5-7-13-22(19)25(27)24-21-12-6-4-8-18(21)14-15-23(24)26-20-10-2-1-3-11-20/h1-17,28H/b25-24-,26-23?. The average Bonchev–Trinajstić information content (AvgIpc) is 2.75. The molecule has 3 aromatic rings. The zero-order valence-electron chi connectivity index (χ0n) is 15.2. The third-order valence-electron chi connectivity index (χ3n) is 4.99. The Kier molecular flexibility index (Phi) is 4.00. The van der Waals surface area contributed by atoms with E-state index in [2.05, 4.69) is 24.3 Å². The number of allylic oxidation sites excluding steroid dienone is 2. The lowest BCUT2D eigenvalue weighted by molar-refractivity contribution is 0.0257. The number of aliphatic imine (C=N–C) groups is 1. The number of hydroxylamine groups is 2. The van der Waals surface area contributed by atoms with E-state index in [1.54, 1.807) is 6.20 Å². The Morgan fingerprint density at radius 2 is 1.29 bits per heavy atom. The van der Waals surface area contributed by atoms with Gasteiger partial charge in [0.2, 0.25) is 0 Å². The Hall–Kier alpha value is -3.69. The summed E-state index contributed by atoms with van der Waals surface area (Å²) >= 11 is 0. The molecule has 3 heteroatoms. The maximum atomic E-state index is 10.8. The summed E-state index contributed by atoms with van der Waals surface area (Å²) in [4.78, 5) is 4.89. The first-order valence-corrected chi connectivity index (χ1v) is 9.23. The minimum atomic E-state index is 0.740. The lowest BCUT2D eigenvalue weighted by Crippen LogP contribution is -2.20. The zero-order valence-corrected chi connectivity index (χ0v) is 15.2. The molecule has 0 amide bonds. The second kappa shape index (κ2) is 6.80. The Balaban J connectivity index is 1.83. The minimum absolute atomic E-state index is 0.740. The molecule has 0 spiro atoms. The van der Waals surface area contributed by atoms with Gasteiger partial charge in [0.25, 0.3) is 0 Å². The molecule has 2 aliphatic rings. The van der Waals surface area contributed by atoms with Crippen LogP contribution in [0.5, 0.6) is 0 Å². The van der Waals surface area contributed by atoms with Gasteiger partial charge in [-0.1, -0.05) is 72.8 Å². The van der Waals surface area contributed by atoms with Gasteiger partial charge >= 0.3 is 0 Å². The molecule has 1 aliphatic carbocycles. The van der Waals surface area contributed by atoms with Gasteiger partial charge in [0, 0.05) is 17.3 Å². The predicted octanol–water partition coefficient (Wildman–Crippen LogP) is 6.03. The van der Waals surface area contributed by atoms with Gasteiger partial charge in [-0.25, -0.2) is 10.1 Å². The molecule has 0 saturated carbocycles. The van der Waals surface area contributed by atoms with Crippen LogP contribution in [0.2, 0.25) is 0 Å². The summed E-state index contributed by atoms with van der Waals surface area (Å²) in [6.45, 7) is 0. The van der Waals surface area contributed by atoms with Crippen LogP contribution in [-0.2, 0) is 0 Å². The first-order chi connectivity index (χ1) is 13.8. The van der Waals surface area contributed by atoms with Crippen LogP contribution >= 0.6 is 0 Å². The third kappa shape index (κ3) is 2.79. The van der Waals surface area contributed by atoms with E-state index in [0.717, 1.165) is 44.9 Å². The zero-order chi connectivity index (χ0) is 18.9. The first-order valence-electron chi connectivity index (χ1n) is 9.23. The summed E-state index contributed by atoms with van der Waals surface area (Å²) in [6.07, 6.45) is 7.70. The van der Waals surface area contributed by atoms with E-state index in [1.165, 1.54) is 5.06 Å². The molecule has 1 heterocycles. The number of hydrogen-bond acceptors (Lipinski definition) is 3. The quantitative estimate of drug-likeness (QED) is 0.574. The fourth-order valence-electron chi connectivity index (χ4n) is 3.70. The smallest absolute Gasteiger partial charge is 0.0864 e. The molecule has 3 nitrogen and oxygen atoms in total. The second-order valence-corrected chi connectivity index (χ2v) is 6.72. The number of rotatable bonds is 1. The molecule has 0 radical (unpaired) electrons. The topological polar surface area (TPSA) is 35.8 Å². The normalized spacial score (nSPS) is 18.9. The van der Waals surface area contributed by atoms with E-state index < -0.39 is 0 Å². The van der Waals surface area contributed by atoms with Crippen molar-refractivity contribution in [3.8, 4) is 0 Å².